The minimum Gasteiger partial charge on any atom is -0.303 e. The summed E-state index contributed by atoms with van der Waals surface area (Å²) in [6.07, 6.45) is 0. The average Bonchev–Trinajstić information content (AvgIpc) is 2.41. The summed E-state index contributed by atoms with van der Waals surface area (Å²) in [5.41, 5.74) is 1.19. The Morgan fingerprint density at radius 2 is 2.00 bits per heavy atom. The van der Waals surface area contributed by atoms with E-state index in [1.807, 2.05) is 0 Å². The molecule has 0 N–H and O–H groups in total. The second-order valence-electron chi connectivity index (χ2n) is 6.28. The van der Waals surface area contributed by atoms with Crippen molar-refractivity contribution in [3.63, 3.8) is 0 Å². The molecule has 1 heterocycles. The fourth-order valence-corrected chi connectivity index (χ4v) is 3.85. The molecular weight excluding hydrogens is 158 g/mol. The highest BCUT2D eigenvalue weighted by Gasteiger charge is 2.68. The van der Waals surface area contributed by atoms with Gasteiger partial charge in [-0.25, -0.2) is 0 Å². The van der Waals surface area contributed by atoms with Crippen LogP contribution in [0.4, 0.5) is 0 Å². The molecule has 1 aliphatic heterocycles. The first-order chi connectivity index (χ1) is 5.89. The maximum atomic E-state index is 2.60. The standard InChI is InChI=1S/C12H23N/c1-6-13-7-9-10(11(2,3)4)12(9,5)8-13/h9-10H,6-8H2,1-5H3/t9-,10?,12-/m0/s1. The molecule has 1 nitrogen and oxygen atoms in total. The van der Waals surface area contributed by atoms with Gasteiger partial charge < -0.3 is 4.90 Å². The van der Waals surface area contributed by atoms with E-state index in [0.29, 0.717) is 10.8 Å². The first kappa shape index (κ1) is 9.51. The fourth-order valence-electron chi connectivity index (χ4n) is 3.85. The molecule has 1 saturated heterocycles. The maximum absolute atomic E-state index is 2.60. The summed E-state index contributed by atoms with van der Waals surface area (Å²) in [5, 5.41) is 0. The van der Waals surface area contributed by atoms with Crippen molar-refractivity contribution in [1.82, 2.24) is 4.90 Å². The zero-order valence-electron chi connectivity index (χ0n) is 9.72. The molecule has 0 aromatic heterocycles. The van der Waals surface area contributed by atoms with Gasteiger partial charge in [0.05, 0.1) is 0 Å². The Morgan fingerprint density at radius 3 is 2.31 bits per heavy atom. The molecule has 0 spiro atoms. The number of rotatable bonds is 1. The predicted molar refractivity (Wildman–Crippen MR) is 56.7 cm³/mol. The molecule has 1 heteroatoms. The van der Waals surface area contributed by atoms with Crippen molar-refractivity contribution in [3.8, 4) is 0 Å². The number of hydrogen-bond donors (Lipinski definition) is 0. The lowest BCUT2D eigenvalue weighted by atomic mass is 9.84. The van der Waals surface area contributed by atoms with Crippen LogP contribution in [0.1, 0.15) is 34.6 Å². The zero-order chi connectivity index (χ0) is 9.85. The Hall–Kier alpha value is -0.0400. The SMILES string of the molecule is CCN1C[C@H]2C(C(C)(C)C)[C@@]2(C)C1. The summed E-state index contributed by atoms with van der Waals surface area (Å²) < 4.78 is 0. The Kier molecular flexibility index (Phi) is 1.83. The van der Waals surface area contributed by atoms with Gasteiger partial charge in [-0.2, -0.15) is 0 Å². The Labute approximate surface area is 82.5 Å². The van der Waals surface area contributed by atoms with Crippen LogP contribution >= 0.6 is 0 Å². The molecule has 2 rings (SSSR count). The molecular formula is C12H23N. The van der Waals surface area contributed by atoms with E-state index in [0.717, 1.165) is 11.8 Å². The molecule has 0 radical (unpaired) electrons. The van der Waals surface area contributed by atoms with Gasteiger partial charge in [-0.15, -0.1) is 0 Å². The minimum atomic E-state index is 0.527. The van der Waals surface area contributed by atoms with Crippen molar-refractivity contribution in [3.05, 3.63) is 0 Å². The molecule has 0 bridgehead atoms. The molecule has 2 aliphatic rings. The van der Waals surface area contributed by atoms with Crippen LogP contribution in [-0.2, 0) is 0 Å². The Morgan fingerprint density at radius 1 is 1.38 bits per heavy atom. The summed E-state index contributed by atoms with van der Waals surface area (Å²) in [6.45, 7) is 15.9. The summed E-state index contributed by atoms with van der Waals surface area (Å²) >= 11 is 0. The van der Waals surface area contributed by atoms with E-state index in [2.05, 4.69) is 39.5 Å². The highest BCUT2D eigenvalue weighted by Crippen LogP contribution is 2.68. The molecule has 1 unspecified atom stereocenters. The molecule has 0 aromatic rings. The van der Waals surface area contributed by atoms with Gasteiger partial charge in [0.1, 0.15) is 0 Å². The van der Waals surface area contributed by atoms with E-state index in [9.17, 15) is 0 Å². The zero-order valence-corrected chi connectivity index (χ0v) is 9.72. The van der Waals surface area contributed by atoms with Gasteiger partial charge in [0.25, 0.3) is 0 Å². The van der Waals surface area contributed by atoms with Crippen molar-refractivity contribution < 1.29 is 0 Å². The van der Waals surface area contributed by atoms with Crippen molar-refractivity contribution in [2.24, 2.45) is 22.7 Å². The first-order valence-electron chi connectivity index (χ1n) is 5.62. The normalized spacial score (nSPS) is 45.0. The topological polar surface area (TPSA) is 3.24 Å². The molecule has 0 amide bonds. The van der Waals surface area contributed by atoms with Crippen LogP contribution < -0.4 is 0 Å². The summed E-state index contributed by atoms with van der Waals surface area (Å²) in [5.74, 6) is 1.97. The fraction of sp³-hybridized carbons (Fsp3) is 1.00. The third kappa shape index (κ3) is 1.24. The lowest BCUT2D eigenvalue weighted by molar-refractivity contribution is 0.204. The molecule has 13 heavy (non-hydrogen) atoms. The number of likely N-dealkylation sites (tertiary alicyclic amines) is 1. The second-order valence-corrected chi connectivity index (χ2v) is 6.28. The highest BCUT2D eigenvalue weighted by molar-refractivity contribution is 5.17. The van der Waals surface area contributed by atoms with Crippen LogP contribution in [-0.4, -0.2) is 24.5 Å². The summed E-state index contributed by atoms with van der Waals surface area (Å²) in [7, 11) is 0. The molecule has 3 atom stereocenters. The first-order valence-corrected chi connectivity index (χ1v) is 5.62. The number of fused-ring (bicyclic) bond motifs is 1. The molecule has 2 fully saturated rings. The average molecular weight is 181 g/mol. The van der Waals surface area contributed by atoms with Gasteiger partial charge in [-0.3, -0.25) is 0 Å². The van der Waals surface area contributed by atoms with Gasteiger partial charge >= 0.3 is 0 Å². The predicted octanol–water partition coefficient (Wildman–Crippen LogP) is 2.62. The van der Waals surface area contributed by atoms with E-state index in [-0.39, 0.29) is 0 Å². The molecule has 76 valence electrons. The molecule has 1 saturated carbocycles. The van der Waals surface area contributed by atoms with E-state index in [4.69, 9.17) is 0 Å². The maximum Gasteiger partial charge on any atom is 0.00415 e. The largest absolute Gasteiger partial charge is 0.303 e. The molecule has 1 aliphatic carbocycles. The van der Waals surface area contributed by atoms with Crippen molar-refractivity contribution in [1.29, 1.82) is 0 Å². The molecule has 0 aromatic carbocycles. The minimum absolute atomic E-state index is 0.527. The van der Waals surface area contributed by atoms with Gasteiger partial charge in [0, 0.05) is 13.1 Å². The third-order valence-corrected chi connectivity index (χ3v) is 4.25. The monoisotopic (exact) mass is 181 g/mol. The van der Waals surface area contributed by atoms with Crippen molar-refractivity contribution in [2.75, 3.05) is 19.6 Å². The lowest BCUT2D eigenvalue weighted by Crippen LogP contribution is -2.29. The van der Waals surface area contributed by atoms with Crippen molar-refractivity contribution >= 4 is 0 Å². The smallest absolute Gasteiger partial charge is 0.00415 e. The van der Waals surface area contributed by atoms with E-state index >= 15 is 0 Å². The third-order valence-electron chi connectivity index (χ3n) is 4.25. The van der Waals surface area contributed by atoms with E-state index < -0.39 is 0 Å². The quantitative estimate of drug-likeness (QED) is 0.601. The van der Waals surface area contributed by atoms with Gasteiger partial charge in [-0.05, 0) is 29.2 Å². The van der Waals surface area contributed by atoms with Crippen LogP contribution in [0.2, 0.25) is 0 Å². The summed E-state index contributed by atoms with van der Waals surface area (Å²) in [6, 6.07) is 0. The van der Waals surface area contributed by atoms with Gasteiger partial charge in [-0.1, -0.05) is 34.6 Å². The lowest BCUT2D eigenvalue weighted by Gasteiger charge is -2.27. The highest BCUT2D eigenvalue weighted by atomic mass is 15.2. The van der Waals surface area contributed by atoms with Crippen LogP contribution in [0.15, 0.2) is 0 Å². The number of nitrogens with zero attached hydrogens (tertiary/aromatic N) is 1. The van der Waals surface area contributed by atoms with Crippen LogP contribution in [0.3, 0.4) is 0 Å². The van der Waals surface area contributed by atoms with Crippen LogP contribution in [0.25, 0.3) is 0 Å². The van der Waals surface area contributed by atoms with Crippen molar-refractivity contribution in [2.45, 2.75) is 34.6 Å². The second kappa shape index (κ2) is 2.50. The van der Waals surface area contributed by atoms with Gasteiger partial charge in [0.2, 0.25) is 0 Å². The Bertz CT molecular complexity index is 216. The van der Waals surface area contributed by atoms with Crippen LogP contribution in [0, 0.1) is 22.7 Å². The van der Waals surface area contributed by atoms with Gasteiger partial charge in [0.15, 0.2) is 0 Å². The van der Waals surface area contributed by atoms with Crippen LogP contribution in [0.5, 0.6) is 0 Å². The number of piperidine rings is 1. The van der Waals surface area contributed by atoms with E-state index in [1.54, 1.807) is 0 Å². The number of hydrogen-bond acceptors (Lipinski definition) is 1. The Balaban J connectivity index is 2.05. The summed E-state index contributed by atoms with van der Waals surface area (Å²) in [4.78, 5) is 2.60. The van der Waals surface area contributed by atoms with E-state index in [1.165, 1.54) is 19.6 Å².